The van der Waals surface area contributed by atoms with Crippen LogP contribution in [0.5, 0.6) is 0 Å². The number of aliphatic hydroxyl groups is 1. The maximum Gasteiger partial charge on any atom is 0.124 e. The van der Waals surface area contributed by atoms with Gasteiger partial charge in [-0.3, -0.25) is 0 Å². The van der Waals surface area contributed by atoms with Crippen molar-refractivity contribution in [1.82, 2.24) is 5.32 Å². The monoisotopic (exact) mass is 273 g/mol. The summed E-state index contributed by atoms with van der Waals surface area (Å²) in [6.07, 6.45) is 0.695. The maximum absolute atomic E-state index is 13.0. The van der Waals surface area contributed by atoms with Crippen LogP contribution in [0.25, 0.3) is 0 Å². The highest BCUT2D eigenvalue weighted by atomic mass is 35.5. The average Bonchev–Trinajstić information content (AvgIpc) is 2.27. The minimum absolute atomic E-state index is 0.0250. The van der Waals surface area contributed by atoms with Crippen LogP contribution in [0.15, 0.2) is 18.2 Å². The van der Waals surface area contributed by atoms with Crippen molar-refractivity contribution in [3.63, 3.8) is 0 Å². The lowest BCUT2D eigenvalue weighted by molar-refractivity contribution is 0.237. The van der Waals surface area contributed by atoms with Gasteiger partial charge in [-0.05, 0) is 37.0 Å². The van der Waals surface area contributed by atoms with Crippen LogP contribution in [-0.4, -0.2) is 17.8 Å². The van der Waals surface area contributed by atoms with E-state index in [4.69, 9.17) is 16.7 Å². The van der Waals surface area contributed by atoms with Crippen molar-refractivity contribution >= 4 is 11.6 Å². The van der Waals surface area contributed by atoms with E-state index in [1.54, 1.807) is 6.07 Å². The van der Waals surface area contributed by atoms with Gasteiger partial charge in [-0.25, -0.2) is 4.39 Å². The number of aliphatic hydroxyl groups excluding tert-OH is 1. The lowest BCUT2D eigenvalue weighted by atomic mass is 9.98. The molecule has 0 spiro atoms. The summed E-state index contributed by atoms with van der Waals surface area (Å²) in [5.41, 5.74) is 0.877. The second-order valence-electron chi connectivity index (χ2n) is 4.92. The molecule has 18 heavy (non-hydrogen) atoms. The molecule has 0 saturated heterocycles. The third kappa shape index (κ3) is 4.23. The topological polar surface area (TPSA) is 32.3 Å². The van der Waals surface area contributed by atoms with Crippen molar-refractivity contribution in [2.45, 2.75) is 39.3 Å². The molecule has 0 aliphatic heterocycles. The zero-order valence-corrected chi connectivity index (χ0v) is 11.8. The molecule has 0 radical (unpaired) electrons. The van der Waals surface area contributed by atoms with Crippen LogP contribution in [0.4, 0.5) is 4.39 Å². The molecule has 0 heterocycles. The van der Waals surface area contributed by atoms with Crippen LogP contribution >= 0.6 is 11.6 Å². The van der Waals surface area contributed by atoms with Crippen molar-refractivity contribution in [1.29, 1.82) is 0 Å². The second-order valence-corrected chi connectivity index (χ2v) is 5.32. The van der Waals surface area contributed by atoms with E-state index in [1.165, 1.54) is 12.1 Å². The molecular formula is C14H21ClFNO. The molecule has 2 N–H and O–H groups in total. The summed E-state index contributed by atoms with van der Waals surface area (Å²) in [7, 11) is 0. The third-order valence-corrected chi connectivity index (χ3v) is 3.47. The molecule has 4 heteroatoms. The van der Waals surface area contributed by atoms with Crippen LogP contribution in [0.1, 0.15) is 38.8 Å². The van der Waals surface area contributed by atoms with Gasteiger partial charge in [-0.1, -0.05) is 31.5 Å². The number of hydrogen-bond donors (Lipinski definition) is 2. The quantitative estimate of drug-likeness (QED) is 0.831. The highest BCUT2D eigenvalue weighted by molar-refractivity contribution is 6.31. The molecule has 0 amide bonds. The Kier molecular flexibility index (Phi) is 6.06. The SMILES string of the molecule is CC(NC(CCO)C(C)C)c1ccc(F)cc1Cl. The molecular weight excluding hydrogens is 253 g/mol. The first-order chi connectivity index (χ1) is 8.45. The molecule has 0 saturated carbocycles. The van der Waals surface area contributed by atoms with E-state index in [1.807, 2.05) is 6.92 Å². The van der Waals surface area contributed by atoms with Gasteiger partial charge < -0.3 is 10.4 Å². The summed E-state index contributed by atoms with van der Waals surface area (Å²) >= 11 is 6.04. The molecule has 2 unspecified atom stereocenters. The van der Waals surface area contributed by atoms with E-state index in [2.05, 4.69) is 19.2 Å². The van der Waals surface area contributed by atoms with Crippen molar-refractivity contribution in [2.24, 2.45) is 5.92 Å². The zero-order valence-electron chi connectivity index (χ0n) is 11.1. The highest BCUT2D eigenvalue weighted by Gasteiger charge is 2.18. The molecule has 1 aromatic rings. The Labute approximate surface area is 113 Å². The van der Waals surface area contributed by atoms with E-state index >= 15 is 0 Å². The smallest absolute Gasteiger partial charge is 0.124 e. The number of halogens is 2. The predicted octanol–water partition coefficient (Wildman–Crippen LogP) is 3.54. The van der Waals surface area contributed by atoms with Crippen LogP contribution < -0.4 is 5.32 Å². The van der Waals surface area contributed by atoms with Crippen LogP contribution in [0, 0.1) is 11.7 Å². The molecule has 0 aliphatic rings. The first-order valence-electron chi connectivity index (χ1n) is 6.27. The van der Waals surface area contributed by atoms with Crippen LogP contribution in [-0.2, 0) is 0 Å². The molecule has 0 aromatic heterocycles. The van der Waals surface area contributed by atoms with E-state index in [0.717, 1.165) is 5.56 Å². The van der Waals surface area contributed by atoms with Crippen molar-refractivity contribution < 1.29 is 9.50 Å². The summed E-state index contributed by atoms with van der Waals surface area (Å²) in [6, 6.07) is 4.68. The Balaban J connectivity index is 2.76. The highest BCUT2D eigenvalue weighted by Crippen LogP contribution is 2.25. The molecule has 1 rings (SSSR count). The van der Waals surface area contributed by atoms with Gasteiger partial charge in [0.25, 0.3) is 0 Å². The van der Waals surface area contributed by atoms with E-state index in [9.17, 15) is 4.39 Å². The number of benzene rings is 1. The molecule has 2 nitrogen and oxygen atoms in total. The fourth-order valence-electron chi connectivity index (χ4n) is 2.01. The van der Waals surface area contributed by atoms with E-state index < -0.39 is 0 Å². The van der Waals surface area contributed by atoms with Gasteiger partial charge in [0.2, 0.25) is 0 Å². The molecule has 0 bridgehead atoms. The summed E-state index contributed by atoms with van der Waals surface area (Å²) in [5, 5.41) is 12.9. The number of hydrogen-bond acceptors (Lipinski definition) is 2. The predicted molar refractivity (Wildman–Crippen MR) is 73.3 cm³/mol. The molecule has 1 aromatic carbocycles. The largest absolute Gasteiger partial charge is 0.396 e. The van der Waals surface area contributed by atoms with Gasteiger partial charge >= 0.3 is 0 Å². The average molecular weight is 274 g/mol. The van der Waals surface area contributed by atoms with Crippen molar-refractivity contribution in [2.75, 3.05) is 6.61 Å². The van der Waals surface area contributed by atoms with Gasteiger partial charge in [0, 0.05) is 23.7 Å². The van der Waals surface area contributed by atoms with Gasteiger partial charge in [0.1, 0.15) is 5.82 Å². The summed E-state index contributed by atoms with van der Waals surface area (Å²) < 4.78 is 13.0. The summed E-state index contributed by atoms with van der Waals surface area (Å²) in [5.74, 6) is 0.0885. The van der Waals surface area contributed by atoms with Crippen molar-refractivity contribution in [3.8, 4) is 0 Å². The maximum atomic E-state index is 13.0. The molecule has 2 atom stereocenters. The van der Waals surface area contributed by atoms with E-state index in [0.29, 0.717) is 17.4 Å². The lowest BCUT2D eigenvalue weighted by Crippen LogP contribution is -2.36. The van der Waals surface area contributed by atoms with Gasteiger partial charge in [0.15, 0.2) is 0 Å². The van der Waals surface area contributed by atoms with Gasteiger partial charge in [0.05, 0.1) is 0 Å². The fourth-order valence-corrected chi connectivity index (χ4v) is 2.34. The summed E-state index contributed by atoms with van der Waals surface area (Å²) in [4.78, 5) is 0. The van der Waals surface area contributed by atoms with E-state index in [-0.39, 0.29) is 24.5 Å². The summed E-state index contributed by atoms with van der Waals surface area (Å²) in [6.45, 7) is 6.35. The normalized spacial score (nSPS) is 14.8. The Morgan fingerprint density at radius 1 is 1.33 bits per heavy atom. The van der Waals surface area contributed by atoms with Gasteiger partial charge in [-0.15, -0.1) is 0 Å². The zero-order chi connectivity index (χ0) is 13.7. The number of nitrogens with one attached hydrogen (secondary N) is 1. The first kappa shape index (κ1) is 15.4. The number of rotatable bonds is 6. The fraction of sp³-hybridized carbons (Fsp3) is 0.571. The van der Waals surface area contributed by atoms with Gasteiger partial charge in [-0.2, -0.15) is 0 Å². The molecule has 102 valence electrons. The second kappa shape index (κ2) is 7.07. The standard InChI is InChI=1S/C14H21ClFNO/c1-9(2)14(6-7-18)17-10(3)12-5-4-11(16)8-13(12)15/h4-5,8-10,14,17-18H,6-7H2,1-3H3. The Bertz CT molecular complexity index is 384. The lowest BCUT2D eigenvalue weighted by Gasteiger charge is -2.26. The first-order valence-corrected chi connectivity index (χ1v) is 6.65. The van der Waals surface area contributed by atoms with Crippen LogP contribution in [0.2, 0.25) is 5.02 Å². The van der Waals surface area contributed by atoms with Crippen LogP contribution in [0.3, 0.4) is 0 Å². The minimum Gasteiger partial charge on any atom is -0.396 e. The molecule has 0 aliphatic carbocycles. The Morgan fingerprint density at radius 2 is 2.00 bits per heavy atom. The molecule has 0 fully saturated rings. The Hall–Kier alpha value is -0.640. The Morgan fingerprint density at radius 3 is 2.50 bits per heavy atom. The van der Waals surface area contributed by atoms with Crippen molar-refractivity contribution in [3.05, 3.63) is 34.6 Å². The minimum atomic E-state index is -0.327. The third-order valence-electron chi connectivity index (χ3n) is 3.14.